The molecule has 0 saturated carbocycles. The quantitative estimate of drug-likeness (QED) is 0.792. The Morgan fingerprint density at radius 2 is 2.04 bits per heavy atom. The summed E-state index contributed by atoms with van der Waals surface area (Å²) in [6, 6.07) is 9.69. The van der Waals surface area contributed by atoms with Crippen LogP contribution in [-0.2, 0) is 0 Å². The minimum Gasteiger partial charge on any atom is -0.489 e. The van der Waals surface area contributed by atoms with Crippen molar-refractivity contribution in [2.24, 2.45) is 0 Å². The van der Waals surface area contributed by atoms with Gasteiger partial charge in [-0.2, -0.15) is 5.10 Å². The van der Waals surface area contributed by atoms with Gasteiger partial charge in [0.25, 0.3) is 5.91 Å². The molecular weight excluding hydrogens is 328 g/mol. The Kier molecular flexibility index (Phi) is 8.29. The molecule has 0 aliphatic heterocycles. The van der Waals surface area contributed by atoms with Crippen molar-refractivity contribution in [3.8, 4) is 11.4 Å². The van der Waals surface area contributed by atoms with Crippen molar-refractivity contribution >= 4 is 18.3 Å². The fraction of sp³-hybridized carbons (Fsp3) is 0.412. The molecule has 1 aromatic carbocycles. The maximum atomic E-state index is 12.6. The predicted octanol–water partition coefficient (Wildman–Crippen LogP) is 2.37. The topological polar surface area (TPSA) is 59.4 Å². The van der Waals surface area contributed by atoms with Gasteiger partial charge in [0.2, 0.25) is 0 Å². The third-order valence-corrected chi connectivity index (χ3v) is 3.41. The molecule has 132 valence electrons. The molecule has 6 nitrogen and oxygen atoms in total. The third kappa shape index (κ3) is 4.97. The number of hydrogen-bond acceptors (Lipinski definition) is 4. The van der Waals surface area contributed by atoms with Gasteiger partial charge in [-0.05, 0) is 25.6 Å². The van der Waals surface area contributed by atoms with E-state index >= 15 is 0 Å². The first-order valence-electron chi connectivity index (χ1n) is 7.85. The van der Waals surface area contributed by atoms with E-state index in [1.165, 1.54) is 0 Å². The lowest BCUT2D eigenvalue weighted by molar-refractivity contribution is 0.0786. The van der Waals surface area contributed by atoms with Crippen LogP contribution in [0.2, 0.25) is 0 Å². The Morgan fingerprint density at radius 3 is 2.67 bits per heavy atom. The number of ether oxygens (including phenoxy) is 1. The highest BCUT2D eigenvalue weighted by molar-refractivity contribution is 5.94. The van der Waals surface area contributed by atoms with E-state index in [9.17, 15) is 4.79 Å². The highest BCUT2D eigenvalue weighted by Gasteiger charge is 2.21. The molecule has 1 aromatic heterocycles. The summed E-state index contributed by atoms with van der Waals surface area (Å²) in [5.74, 6) is 0.387. The minimum atomic E-state index is -0.138. The maximum absolute atomic E-state index is 12.6. The molecule has 0 saturated heterocycles. The van der Waals surface area contributed by atoms with Crippen molar-refractivity contribution in [2.45, 2.75) is 13.3 Å². The van der Waals surface area contributed by atoms with Crippen LogP contribution >= 0.6 is 12.4 Å². The maximum Gasteiger partial charge on any atom is 0.278 e. The van der Waals surface area contributed by atoms with Crippen LogP contribution in [0.1, 0.15) is 23.8 Å². The number of amides is 1. The molecule has 1 heterocycles. The number of nitrogens with zero attached hydrogens (tertiary/aromatic N) is 3. The van der Waals surface area contributed by atoms with Crippen LogP contribution in [0.3, 0.4) is 0 Å². The summed E-state index contributed by atoms with van der Waals surface area (Å²) in [6.07, 6.45) is 2.64. The van der Waals surface area contributed by atoms with Crippen LogP contribution in [0.4, 0.5) is 0 Å². The molecular formula is C17H25ClN4O2. The number of rotatable bonds is 8. The zero-order valence-corrected chi connectivity index (χ0v) is 15.2. The normalized spacial score (nSPS) is 10.1. The number of para-hydroxylation sites is 1. The number of aromatic nitrogens is 2. The molecule has 0 aliphatic carbocycles. The Balaban J connectivity index is 0.00000288. The molecule has 1 amide bonds. The number of benzene rings is 1. The fourth-order valence-corrected chi connectivity index (χ4v) is 2.10. The molecule has 0 unspecified atom stereocenters. The fourth-order valence-electron chi connectivity index (χ4n) is 2.10. The van der Waals surface area contributed by atoms with Gasteiger partial charge in [-0.25, -0.2) is 4.68 Å². The lowest BCUT2D eigenvalue weighted by Crippen LogP contribution is -2.33. The van der Waals surface area contributed by atoms with Crippen molar-refractivity contribution in [1.29, 1.82) is 0 Å². The summed E-state index contributed by atoms with van der Waals surface area (Å²) in [4.78, 5) is 14.3. The summed E-state index contributed by atoms with van der Waals surface area (Å²) >= 11 is 0. The molecule has 1 N–H and O–H groups in total. The minimum absolute atomic E-state index is 0. The molecule has 0 aliphatic rings. The molecule has 0 bridgehead atoms. The van der Waals surface area contributed by atoms with Gasteiger partial charge in [0.1, 0.15) is 0 Å². The van der Waals surface area contributed by atoms with Crippen LogP contribution < -0.4 is 10.1 Å². The van der Waals surface area contributed by atoms with Crippen LogP contribution in [0.25, 0.3) is 5.69 Å². The number of halogens is 1. The Morgan fingerprint density at radius 1 is 1.33 bits per heavy atom. The van der Waals surface area contributed by atoms with Gasteiger partial charge in [-0.1, -0.05) is 25.1 Å². The lowest BCUT2D eigenvalue weighted by Gasteiger charge is -2.16. The number of nitrogens with one attached hydrogen (secondary N) is 1. The molecule has 0 spiro atoms. The SMILES string of the molecule is CCCOc1cn(-c2ccccc2)nc1C(=O)N(C)CCNC.Cl. The summed E-state index contributed by atoms with van der Waals surface area (Å²) < 4.78 is 7.40. The van der Waals surface area contributed by atoms with E-state index < -0.39 is 0 Å². The van der Waals surface area contributed by atoms with E-state index in [-0.39, 0.29) is 18.3 Å². The molecule has 0 fully saturated rings. The molecule has 0 atom stereocenters. The third-order valence-electron chi connectivity index (χ3n) is 3.41. The van der Waals surface area contributed by atoms with Gasteiger partial charge >= 0.3 is 0 Å². The smallest absolute Gasteiger partial charge is 0.278 e. The summed E-state index contributed by atoms with van der Waals surface area (Å²) in [5, 5.41) is 7.48. The highest BCUT2D eigenvalue weighted by atomic mass is 35.5. The van der Waals surface area contributed by atoms with E-state index in [0.717, 1.165) is 18.7 Å². The zero-order chi connectivity index (χ0) is 16.7. The number of hydrogen-bond donors (Lipinski definition) is 1. The monoisotopic (exact) mass is 352 g/mol. The van der Waals surface area contributed by atoms with Gasteiger partial charge in [-0.15, -0.1) is 12.4 Å². The average molecular weight is 353 g/mol. The summed E-state index contributed by atoms with van der Waals surface area (Å²) in [7, 11) is 3.63. The van der Waals surface area contributed by atoms with E-state index in [2.05, 4.69) is 10.4 Å². The second kappa shape index (κ2) is 9.95. The van der Waals surface area contributed by atoms with Crippen LogP contribution in [-0.4, -0.2) is 54.4 Å². The molecule has 24 heavy (non-hydrogen) atoms. The number of carbonyl (C=O) groups is 1. The molecule has 7 heteroatoms. The summed E-state index contributed by atoms with van der Waals surface area (Å²) in [6.45, 7) is 3.93. The Bertz CT molecular complexity index is 631. The molecule has 2 aromatic rings. The van der Waals surface area contributed by atoms with Gasteiger partial charge in [0.05, 0.1) is 18.5 Å². The van der Waals surface area contributed by atoms with Crippen LogP contribution in [0.5, 0.6) is 5.75 Å². The Labute approximate surface area is 149 Å². The van der Waals surface area contributed by atoms with Crippen LogP contribution in [0, 0.1) is 0 Å². The van der Waals surface area contributed by atoms with E-state index in [1.807, 2.05) is 44.3 Å². The van der Waals surface area contributed by atoms with Gasteiger partial charge in [0, 0.05) is 20.1 Å². The lowest BCUT2D eigenvalue weighted by atomic mass is 10.3. The molecule has 2 rings (SSSR count). The van der Waals surface area contributed by atoms with Crippen molar-refractivity contribution in [1.82, 2.24) is 20.0 Å². The van der Waals surface area contributed by atoms with Gasteiger partial charge < -0.3 is 15.0 Å². The standard InChI is InChI=1S/C17H24N4O2.ClH/c1-4-12-23-15-13-21(14-8-6-5-7-9-14)19-16(15)17(22)20(3)11-10-18-2;/h5-9,13,18H,4,10-12H2,1-3H3;1H. The van der Waals surface area contributed by atoms with Gasteiger partial charge in [0.15, 0.2) is 11.4 Å². The first-order valence-corrected chi connectivity index (χ1v) is 7.85. The van der Waals surface area contributed by atoms with Crippen molar-refractivity contribution < 1.29 is 9.53 Å². The largest absolute Gasteiger partial charge is 0.489 e. The number of likely N-dealkylation sites (N-methyl/N-ethyl adjacent to an activating group) is 2. The average Bonchev–Trinajstić information content (AvgIpc) is 3.02. The van der Waals surface area contributed by atoms with E-state index in [1.54, 1.807) is 22.8 Å². The van der Waals surface area contributed by atoms with Crippen molar-refractivity contribution in [2.75, 3.05) is 33.8 Å². The number of carbonyl (C=O) groups excluding carboxylic acids is 1. The molecule has 0 radical (unpaired) electrons. The second-order valence-electron chi connectivity index (χ2n) is 5.30. The van der Waals surface area contributed by atoms with Crippen LogP contribution in [0.15, 0.2) is 36.5 Å². The summed E-state index contributed by atoms with van der Waals surface area (Å²) in [5.41, 5.74) is 1.24. The highest BCUT2D eigenvalue weighted by Crippen LogP contribution is 2.21. The zero-order valence-electron chi connectivity index (χ0n) is 14.4. The van der Waals surface area contributed by atoms with E-state index in [0.29, 0.717) is 24.6 Å². The Hall–Kier alpha value is -2.05. The first kappa shape index (κ1) is 20.0. The van der Waals surface area contributed by atoms with Crippen molar-refractivity contribution in [3.63, 3.8) is 0 Å². The second-order valence-corrected chi connectivity index (χ2v) is 5.30. The van der Waals surface area contributed by atoms with Gasteiger partial charge in [-0.3, -0.25) is 4.79 Å². The first-order chi connectivity index (χ1) is 11.2. The van der Waals surface area contributed by atoms with Crippen molar-refractivity contribution in [3.05, 3.63) is 42.2 Å². The van der Waals surface area contributed by atoms with E-state index in [4.69, 9.17) is 4.74 Å². The predicted molar refractivity (Wildman–Crippen MR) is 97.5 cm³/mol.